The Morgan fingerprint density at radius 3 is 2.86 bits per heavy atom. The molecule has 0 aliphatic carbocycles. The van der Waals surface area contributed by atoms with E-state index in [1.165, 1.54) is 0 Å². The van der Waals surface area contributed by atoms with Crippen molar-refractivity contribution in [1.82, 2.24) is 9.78 Å². The minimum absolute atomic E-state index is 0.166. The van der Waals surface area contributed by atoms with E-state index in [9.17, 15) is 4.79 Å². The standard InChI is InChI=1S/C11H12N2O/c1-8(14)7-11-9-5-3-4-6-10(9)12-13(11)2/h3-6H,7H2,1-2H3. The van der Waals surface area contributed by atoms with Gasteiger partial charge in [0, 0.05) is 18.9 Å². The fraction of sp³-hybridized carbons (Fsp3) is 0.273. The Labute approximate surface area is 82.3 Å². The Kier molecular flexibility index (Phi) is 2.08. The number of hydrogen-bond donors (Lipinski definition) is 0. The number of hydrogen-bond acceptors (Lipinski definition) is 2. The highest BCUT2D eigenvalue weighted by molar-refractivity contribution is 5.87. The molecule has 0 atom stereocenters. The molecule has 0 saturated carbocycles. The van der Waals surface area contributed by atoms with E-state index in [1.54, 1.807) is 11.6 Å². The highest BCUT2D eigenvalue weighted by atomic mass is 16.1. The number of ketones is 1. The van der Waals surface area contributed by atoms with Gasteiger partial charge in [-0.25, -0.2) is 0 Å². The highest BCUT2D eigenvalue weighted by Crippen LogP contribution is 2.17. The monoisotopic (exact) mass is 188 g/mol. The van der Waals surface area contributed by atoms with Crippen molar-refractivity contribution in [3.05, 3.63) is 30.0 Å². The van der Waals surface area contributed by atoms with E-state index < -0.39 is 0 Å². The molecule has 2 aromatic rings. The number of aryl methyl sites for hydroxylation is 1. The molecule has 3 heteroatoms. The lowest BCUT2D eigenvalue weighted by molar-refractivity contribution is -0.116. The maximum absolute atomic E-state index is 11.1. The lowest BCUT2D eigenvalue weighted by atomic mass is 10.1. The number of nitrogens with zero attached hydrogens (tertiary/aromatic N) is 2. The largest absolute Gasteiger partial charge is 0.300 e. The smallest absolute Gasteiger partial charge is 0.135 e. The summed E-state index contributed by atoms with van der Waals surface area (Å²) < 4.78 is 1.78. The predicted octanol–water partition coefficient (Wildman–Crippen LogP) is 1.70. The summed E-state index contributed by atoms with van der Waals surface area (Å²) in [5, 5.41) is 5.40. The summed E-state index contributed by atoms with van der Waals surface area (Å²) in [6.07, 6.45) is 0.455. The Morgan fingerprint density at radius 2 is 2.14 bits per heavy atom. The van der Waals surface area contributed by atoms with Crippen LogP contribution < -0.4 is 0 Å². The van der Waals surface area contributed by atoms with Crippen LogP contribution in [0.25, 0.3) is 10.9 Å². The first-order chi connectivity index (χ1) is 6.68. The lowest BCUT2D eigenvalue weighted by Crippen LogP contribution is -2.03. The first-order valence-electron chi connectivity index (χ1n) is 4.58. The molecule has 0 unspecified atom stereocenters. The number of aromatic nitrogens is 2. The molecule has 0 aliphatic rings. The van der Waals surface area contributed by atoms with Crippen molar-refractivity contribution in [2.24, 2.45) is 7.05 Å². The second-order valence-electron chi connectivity index (χ2n) is 3.47. The fourth-order valence-corrected chi connectivity index (χ4v) is 1.65. The predicted molar refractivity (Wildman–Crippen MR) is 55.1 cm³/mol. The van der Waals surface area contributed by atoms with Gasteiger partial charge in [0.1, 0.15) is 5.78 Å². The van der Waals surface area contributed by atoms with Crippen LogP contribution in [0, 0.1) is 0 Å². The normalized spacial score (nSPS) is 10.7. The van der Waals surface area contributed by atoms with Gasteiger partial charge in [-0.2, -0.15) is 5.10 Å². The zero-order chi connectivity index (χ0) is 10.1. The van der Waals surface area contributed by atoms with Crippen LogP contribution in [-0.2, 0) is 18.3 Å². The molecular formula is C11H12N2O. The molecule has 1 aromatic heterocycles. The van der Waals surface area contributed by atoms with E-state index in [0.29, 0.717) is 6.42 Å². The van der Waals surface area contributed by atoms with E-state index in [0.717, 1.165) is 16.6 Å². The number of rotatable bonds is 2. The van der Waals surface area contributed by atoms with E-state index >= 15 is 0 Å². The molecule has 1 heterocycles. The number of carbonyl (C=O) groups is 1. The highest BCUT2D eigenvalue weighted by Gasteiger charge is 2.09. The number of carbonyl (C=O) groups excluding carboxylic acids is 1. The topological polar surface area (TPSA) is 34.9 Å². The van der Waals surface area contributed by atoms with Gasteiger partial charge in [0.25, 0.3) is 0 Å². The van der Waals surface area contributed by atoms with Gasteiger partial charge in [-0.15, -0.1) is 0 Å². The maximum Gasteiger partial charge on any atom is 0.135 e. The molecular weight excluding hydrogens is 176 g/mol. The fourth-order valence-electron chi connectivity index (χ4n) is 1.65. The molecule has 0 saturated heterocycles. The van der Waals surface area contributed by atoms with Crippen LogP contribution in [-0.4, -0.2) is 15.6 Å². The van der Waals surface area contributed by atoms with E-state index in [1.807, 2.05) is 31.3 Å². The summed E-state index contributed by atoms with van der Waals surface area (Å²) >= 11 is 0. The molecule has 0 bridgehead atoms. The first kappa shape index (κ1) is 8.94. The van der Waals surface area contributed by atoms with Crippen molar-refractivity contribution in [3.8, 4) is 0 Å². The second kappa shape index (κ2) is 3.25. The summed E-state index contributed by atoms with van der Waals surface area (Å²) in [5.74, 6) is 0.166. The van der Waals surface area contributed by atoms with Gasteiger partial charge in [0.2, 0.25) is 0 Å². The molecule has 72 valence electrons. The number of fused-ring (bicyclic) bond motifs is 1. The van der Waals surface area contributed by atoms with E-state index in [4.69, 9.17) is 0 Å². The Balaban J connectivity index is 2.62. The van der Waals surface area contributed by atoms with E-state index in [2.05, 4.69) is 5.10 Å². The molecule has 2 rings (SSSR count). The van der Waals surface area contributed by atoms with Crippen LogP contribution in [0.1, 0.15) is 12.6 Å². The van der Waals surface area contributed by atoms with Gasteiger partial charge in [-0.3, -0.25) is 9.48 Å². The molecule has 0 N–H and O–H groups in total. The van der Waals surface area contributed by atoms with Crippen LogP contribution in [0.3, 0.4) is 0 Å². The molecule has 0 radical (unpaired) electrons. The van der Waals surface area contributed by atoms with Crippen LogP contribution in [0.5, 0.6) is 0 Å². The van der Waals surface area contributed by atoms with Crippen LogP contribution in [0.4, 0.5) is 0 Å². The molecule has 0 fully saturated rings. The quantitative estimate of drug-likeness (QED) is 0.719. The third-order valence-electron chi connectivity index (χ3n) is 2.28. The van der Waals surface area contributed by atoms with Gasteiger partial charge in [0.05, 0.1) is 11.2 Å². The van der Waals surface area contributed by atoms with Crippen molar-refractivity contribution in [2.75, 3.05) is 0 Å². The second-order valence-corrected chi connectivity index (χ2v) is 3.47. The molecule has 14 heavy (non-hydrogen) atoms. The SMILES string of the molecule is CC(=O)Cc1c2ccccc2nn1C. The Morgan fingerprint density at radius 1 is 1.43 bits per heavy atom. The lowest BCUT2D eigenvalue weighted by Gasteiger charge is -1.98. The molecule has 0 spiro atoms. The summed E-state index contributed by atoms with van der Waals surface area (Å²) in [6.45, 7) is 1.60. The van der Waals surface area contributed by atoms with Gasteiger partial charge < -0.3 is 0 Å². The average Bonchev–Trinajstić information content (AvgIpc) is 2.43. The van der Waals surface area contributed by atoms with Crippen LogP contribution >= 0.6 is 0 Å². The van der Waals surface area contributed by atoms with Crippen molar-refractivity contribution in [3.63, 3.8) is 0 Å². The minimum Gasteiger partial charge on any atom is -0.300 e. The zero-order valence-corrected chi connectivity index (χ0v) is 8.32. The molecule has 1 aromatic carbocycles. The summed E-state index contributed by atoms with van der Waals surface area (Å²) in [4.78, 5) is 11.1. The van der Waals surface area contributed by atoms with E-state index in [-0.39, 0.29) is 5.78 Å². The maximum atomic E-state index is 11.1. The first-order valence-corrected chi connectivity index (χ1v) is 4.58. The number of benzene rings is 1. The van der Waals surface area contributed by atoms with Crippen LogP contribution in [0.15, 0.2) is 24.3 Å². The van der Waals surface area contributed by atoms with Gasteiger partial charge in [-0.1, -0.05) is 18.2 Å². The molecule has 3 nitrogen and oxygen atoms in total. The van der Waals surface area contributed by atoms with Crippen molar-refractivity contribution >= 4 is 16.7 Å². The van der Waals surface area contributed by atoms with Crippen molar-refractivity contribution in [1.29, 1.82) is 0 Å². The summed E-state index contributed by atoms with van der Waals surface area (Å²) in [5.41, 5.74) is 1.94. The minimum atomic E-state index is 0.166. The Hall–Kier alpha value is -1.64. The van der Waals surface area contributed by atoms with Crippen molar-refractivity contribution < 1.29 is 4.79 Å². The average molecular weight is 188 g/mol. The third kappa shape index (κ3) is 1.41. The zero-order valence-electron chi connectivity index (χ0n) is 8.32. The van der Waals surface area contributed by atoms with Crippen LogP contribution in [0.2, 0.25) is 0 Å². The van der Waals surface area contributed by atoms with Crippen molar-refractivity contribution in [2.45, 2.75) is 13.3 Å². The number of Topliss-reactive ketones (excluding diaryl/α,β-unsaturated/α-hetero) is 1. The summed E-state index contributed by atoms with van der Waals surface area (Å²) in [7, 11) is 1.87. The molecule has 0 amide bonds. The van der Waals surface area contributed by atoms with Gasteiger partial charge >= 0.3 is 0 Å². The van der Waals surface area contributed by atoms with Gasteiger partial charge in [-0.05, 0) is 13.0 Å². The Bertz CT molecular complexity index is 485. The van der Waals surface area contributed by atoms with Gasteiger partial charge in [0.15, 0.2) is 0 Å². The summed E-state index contributed by atoms with van der Waals surface area (Å²) in [6, 6.07) is 7.88. The third-order valence-corrected chi connectivity index (χ3v) is 2.28. The molecule has 0 aliphatic heterocycles.